The van der Waals surface area contributed by atoms with Crippen molar-refractivity contribution in [2.75, 3.05) is 31.1 Å². The van der Waals surface area contributed by atoms with Gasteiger partial charge in [0.1, 0.15) is 5.75 Å². The van der Waals surface area contributed by atoms with Crippen LogP contribution in [0.5, 0.6) is 5.75 Å². The van der Waals surface area contributed by atoms with Crippen LogP contribution >= 0.6 is 0 Å². The lowest BCUT2D eigenvalue weighted by Crippen LogP contribution is -2.29. The van der Waals surface area contributed by atoms with Gasteiger partial charge in [0.05, 0.1) is 17.6 Å². The molecule has 0 aliphatic rings. The molecule has 1 rings (SSSR count). The number of nitro groups is 1. The van der Waals surface area contributed by atoms with Gasteiger partial charge in [0.15, 0.2) is 0 Å². The summed E-state index contributed by atoms with van der Waals surface area (Å²) in [6.45, 7) is 6.42. The van der Waals surface area contributed by atoms with E-state index in [9.17, 15) is 10.1 Å². The fraction of sp³-hybridized carbons (Fsp3) is 0.538. The summed E-state index contributed by atoms with van der Waals surface area (Å²) in [5.41, 5.74) is 6.36. The first-order valence-electron chi connectivity index (χ1n) is 6.49. The summed E-state index contributed by atoms with van der Waals surface area (Å²) >= 11 is 0. The topological polar surface area (TPSA) is 81.6 Å². The van der Waals surface area contributed by atoms with Crippen molar-refractivity contribution in [1.82, 2.24) is 0 Å². The van der Waals surface area contributed by atoms with Gasteiger partial charge in [0, 0.05) is 37.5 Å². The number of nitrogens with two attached hydrogens (primary N) is 1. The van der Waals surface area contributed by atoms with E-state index >= 15 is 0 Å². The van der Waals surface area contributed by atoms with Crippen LogP contribution in [-0.4, -0.2) is 31.2 Å². The second kappa shape index (κ2) is 7.58. The van der Waals surface area contributed by atoms with Crippen LogP contribution in [-0.2, 0) is 0 Å². The largest absolute Gasteiger partial charge is 0.493 e. The molecule has 0 aliphatic heterocycles. The lowest BCUT2D eigenvalue weighted by atomic mass is 10.2. The zero-order valence-electron chi connectivity index (χ0n) is 11.5. The molecular weight excluding hydrogens is 246 g/mol. The summed E-state index contributed by atoms with van der Waals surface area (Å²) in [5.74, 6) is 0.529. The molecule has 0 spiro atoms. The van der Waals surface area contributed by atoms with Crippen LogP contribution in [0, 0.1) is 10.1 Å². The molecule has 0 unspecified atom stereocenters. The van der Waals surface area contributed by atoms with Gasteiger partial charge in [0.2, 0.25) is 0 Å². The van der Waals surface area contributed by atoms with Gasteiger partial charge in [-0.1, -0.05) is 6.92 Å². The standard InChI is InChI=1S/C13H21N3O3/c1-3-7-19-13-9-11(15(4-2)6-5-14)8-12(10-13)16(17)18/h8-10H,3-7,14H2,1-2H3. The van der Waals surface area contributed by atoms with Crippen molar-refractivity contribution < 1.29 is 9.66 Å². The van der Waals surface area contributed by atoms with E-state index in [4.69, 9.17) is 10.5 Å². The number of likely N-dealkylation sites (N-methyl/N-ethyl adjacent to an activating group) is 1. The van der Waals surface area contributed by atoms with Crippen molar-refractivity contribution in [3.63, 3.8) is 0 Å². The van der Waals surface area contributed by atoms with E-state index in [1.54, 1.807) is 6.07 Å². The zero-order valence-corrected chi connectivity index (χ0v) is 11.5. The first kappa shape index (κ1) is 15.2. The van der Waals surface area contributed by atoms with Crippen molar-refractivity contribution in [2.24, 2.45) is 5.73 Å². The third kappa shape index (κ3) is 4.40. The summed E-state index contributed by atoms with van der Waals surface area (Å²) in [6, 6.07) is 4.83. The Kier molecular flexibility index (Phi) is 6.08. The Labute approximate surface area is 113 Å². The van der Waals surface area contributed by atoms with Gasteiger partial charge in [-0.15, -0.1) is 0 Å². The van der Waals surface area contributed by atoms with Crippen molar-refractivity contribution in [2.45, 2.75) is 20.3 Å². The molecule has 0 saturated carbocycles. The van der Waals surface area contributed by atoms with Gasteiger partial charge < -0.3 is 15.4 Å². The van der Waals surface area contributed by atoms with Crippen LogP contribution in [0.25, 0.3) is 0 Å². The lowest BCUT2D eigenvalue weighted by Gasteiger charge is -2.22. The number of nitrogens with zero attached hydrogens (tertiary/aromatic N) is 2. The number of non-ortho nitro benzene ring substituents is 1. The van der Waals surface area contributed by atoms with Crippen LogP contribution < -0.4 is 15.4 Å². The van der Waals surface area contributed by atoms with Crippen molar-refractivity contribution in [1.29, 1.82) is 0 Å². The number of rotatable bonds is 8. The van der Waals surface area contributed by atoms with Crippen LogP contribution in [0.15, 0.2) is 18.2 Å². The highest BCUT2D eigenvalue weighted by Gasteiger charge is 2.13. The predicted molar refractivity (Wildman–Crippen MR) is 75.8 cm³/mol. The van der Waals surface area contributed by atoms with E-state index < -0.39 is 4.92 Å². The highest BCUT2D eigenvalue weighted by molar-refractivity contribution is 5.58. The molecule has 1 aromatic carbocycles. The second-order valence-electron chi connectivity index (χ2n) is 4.16. The van der Waals surface area contributed by atoms with Gasteiger partial charge in [-0.2, -0.15) is 0 Å². The Morgan fingerprint density at radius 2 is 2.11 bits per heavy atom. The Hall–Kier alpha value is -1.82. The molecule has 0 aromatic heterocycles. The monoisotopic (exact) mass is 267 g/mol. The number of anilines is 1. The molecule has 0 fully saturated rings. The molecule has 0 radical (unpaired) electrons. The molecule has 0 bridgehead atoms. The first-order chi connectivity index (χ1) is 9.12. The summed E-state index contributed by atoms with van der Waals surface area (Å²) in [5, 5.41) is 11.0. The van der Waals surface area contributed by atoms with E-state index in [2.05, 4.69) is 0 Å². The molecule has 0 atom stereocenters. The minimum Gasteiger partial charge on any atom is -0.493 e. The molecule has 6 heteroatoms. The number of hydrogen-bond donors (Lipinski definition) is 1. The summed E-state index contributed by atoms with van der Waals surface area (Å²) in [4.78, 5) is 12.5. The number of hydrogen-bond acceptors (Lipinski definition) is 5. The Bertz CT molecular complexity index is 424. The third-order valence-corrected chi connectivity index (χ3v) is 2.71. The molecule has 19 heavy (non-hydrogen) atoms. The van der Waals surface area contributed by atoms with Gasteiger partial charge in [-0.05, 0) is 13.3 Å². The van der Waals surface area contributed by atoms with E-state index in [1.807, 2.05) is 24.8 Å². The molecule has 0 aliphatic carbocycles. The first-order valence-corrected chi connectivity index (χ1v) is 6.49. The maximum absolute atomic E-state index is 11.0. The van der Waals surface area contributed by atoms with Crippen LogP contribution in [0.3, 0.4) is 0 Å². The molecule has 106 valence electrons. The Morgan fingerprint density at radius 1 is 1.37 bits per heavy atom. The predicted octanol–water partition coefficient (Wildman–Crippen LogP) is 2.17. The molecular formula is C13H21N3O3. The van der Waals surface area contributed by atoms with E-state index in [0.717, 1.165) is 18.7 Å². The van der Waals surface area contributed by atoms with E-state index in [1.165, 1.54) is 6.07 Å². The van der Waals surface area contributed by atoms with Gasteiger partial charge >= 0.3 is 0 Å². The van der Waals surface area contributed by atoms with Crippen molar-refractivity contribution in [3.05, 3.63) is 28.3 Å². The number of ether oxygens (including phenoxy) is 1. The number of nitro benzene ring substituents is 1. The van der Waals surface area contributed by atoms with Crippen molar-refractivity contribution >= 4 is 11.4 Å². The maximum Gasteiger partial charge on any atom is 0.275 e. The quantitative estimate of drug-likeness (QED) is 0.576. The average molecular weight is 267 g/mol. The second-order valence-corrected chi connectivity index (χ2v) is 4.16. The minimum atomic E-state index is -0.404. The molecule has 2 N–H and O–H groups in total. The average Bonchev–Trinajstić information content (AvgIpc) is 2.42. The third-order valence-electron chi connectivity index (χ3n) is 2.71. The molecule has 0 heterocycles. The minimum absolute atomic E-state index is 0.0408. The maximum atomic E-state index is 11.0. The fourth-order valence-electron chi connectivity index (χ4n) is 1.78. The van der Waals surface area contributed by atoms with Gasteiger partial charge in [-0.3, -0.25) is 10.1 Å². The molecule has 6 nitrogen and oxygen atoms in total. The summed E-state index contributed by atoms with van der Waals surface area (Å²) in [6.07, 6.45) is 0.859. The highest BCUT2D eigenvalue weighted by Crippen LogP contribution is 2.28. The van der Waals surface area contributed by atoms with Crippen molar-refractivity contribution in [3.8, 4) is 5.75 Å². The van der Waals surface area contributed by atoms with Crippen LogP contribution in [0.2, 0.25) is 0 Å². The molecule has 1 aromatic rings. The summed E-state index contributed by atoms with van der Waals surface area (Å²) < 4.78 is 5.50. The fourth-order valence-corrected chi connectivity index (χ4v) is 1.78. The van der Waals surface area contributed by atoms with Gasteiger partial charge in [0.25, 0.3) is 5.69 Å². The highest BCUT2D eigenvalue weighted by atomic mass is 16.6. The molecule has 0 saturated heterocycles. The zero-order chi connectivity index (χ0) is 14.3. The SMILES string of the molecule is CCCOc1cc(N(CC)CCN)cc([N+](=O)[O-])c1. The normalized spacial score (nSPS) is 10.3. The van der Waals surface area contributed by atoms with Gasteiger partial charge in [-0.25, -0.2) is 0 Å². The van der Waals surface area contributed by atoms with Crippen LogP contribution in [0.4, 0.5) is 11.4 Å². The van der Waals surface area contributed by atoms with Crippen LogP contribution in [0.1, 0.15) is 20.3 Å². The Morgan fingerprint density at radius 3 is 2.63 bits per heavy atom. The summed E-state index contributed by atoms with van der Waals surface area (Å²) in [7, 11) is 0. The van der Waals surface area contributed by atoms with E-state index in [0.29, 0.717) is 25.4 Å². The lowest BCUT2D eigenvalue weighted by molar-refractivity contribution is -0.384. The number of benzene rings is 1. The molecule has 0 amide bonds. The Balaban J connectivity index is 3.07. The smallest absolute Gasteiger partial charge is 0.275 e. The van der Waals surface area contributed by atoms with E-state index in [-0.39, 0.29) is 5.69 Å².